The Hall–Kier alpha value is -3.02. The van der Waals surface area contributed by atoms with Crippen molar-refractivity contribution in [2.75, 3.05) is 20.8 Å². The Labute approximate surface area is 145 Å². The predicted octanol–water partition coefficient (Wildman–Crippen LogP) is 2.53. The number of hydrogen-bond donors (Lipinski definition) is 1. The van der Waals surface area contributed by atoms with Crippen LogP contribution in [0.25, 0.3) is 0 Å². The summed E-state index contributed by atoms with van der Waals surface area (Å²) in [6.45, 7) is 0.340. The summed E-state index contributed by atoms with van der Waals surface area (Å²) in [4.78, 5) is 26.3. The molecule has 0 saturated carbocycles. The highest BCUT2D eigenvalue weighted by Crippen LogP contribution is 2.32. The highest BCUT2D eigenvalue weighted by Gasteiger charge is 2.36. The molecule has 1 aliphatic rings. The molecule has 0 spiro atoms. The summed E-state index contributed by atoms with van der Waals surface area (Å²) in [6.07, 6.45) is 0.618. The average Bonchev–Trinajstić information content (AvgIpc) is 2.65. The third-order valence-corrected chi connectivity index (χ3v) is 4.38. The number of carboxylic acid groups (broad SMARTS) is 1. The van der Waals surface area contributed by atoms with Crippen molar-refractivity contribution in [3.05, 3.63) is 59.2 Å². The molecule has 1 N–H and O–H groups in total. The molecule has 3 rings (SSSR count). The quantitative estimate of drug-likeness (QED) is 0.925. The number of carbonyl (C=O) groups excluding carboxylic acids is 1. The number of carbonyl (C=O) groups is 2. The van der Waals surface area contributed by atoms with Crippen molar-refractivity contribution >= 4 is 11.9 Å². The van der Waals surface area contributed by atoms with Crippen molar-refractivity contribution in [1.29, 1.82) is 0 Å². The van der Waals surface area contributed by atoms with Gasteiger partial charge in [0.05, 0.1) is 14.2 Å². The third kappa shape index (κ3) is 3.15. The minimum absolute atomic E-state index is 0.335. The van der Waals surface area contributed by atoms with E-state index < -0.39 is 12.0 Å². The van der Waals surface area contributed by atoms with Gasteiger partial charge in [0.15, 0.2) is 6.04 Å². The summed E-state index contributed by atoms with van der Waals surface area (Å²) < 4.78 is 10.4. The minimum atomic E-state index is -1.05. The summed E-state index contributed by atoms with van der Waals surface area (Å²) in [5.74, 6) is -0.451. The van der Waals surface area contributed by atoms with Crippen LogP contribution >= 0.6 is 0 Å². The monoisotopic (exact) mass is 341 g/mol. The van der Waals surface area contributed by atoms with E-state index in [1.54, 1.807) is 30.3 Å². The lowest BCUT2D eigenvalue weighted by Gasteiger charge is -2.34. The van der Waals surface area contributed by atoms with Crippen LogP contribution < -0.4 is 9.47 Å². The number of methoxy groups -OCH3 is 2. The van der Waals surface area contributed by atoms with Gasteiger partial charge in [-0.2, -0.15) is 0 Å². The Bertz CT molecular complexity index is 795. The summed E-state index contributed by atoms with van der Waals surface area (Å²) in [6, 6.07) is 11.2. The molecule has 1 unspecified atom stereocenters. The molecule has 1 aliphatic heterocycles. The number of fused-ring (bicyclic) bond motifs is 1. The Kier molecular flexibility index (Phi) is 4.61. The van der Waals surface area contributed by atoms with Gasteiger partial charge in [0, 0.05) is 18.2 Å². The van der Waals surface area contributed by atoms with Crippen LogP contribution in [0.5, 0.6) is 11.5 Å². The van der Waals surface area contributed by atoms with Gasteiger partial charge in [-0.15, -0.1) is 0 Å². The van der Waals surface area contributed by atoms with E-state index in [-0.39, 0.29) is 5.91 Å². The zero-order chi connectivity index (χ0) is 18.0. The molecule has 2 aromatic carbocycles. The molecule has 1 heterocycles. The molecule has 2 aromatic rings. The predicted molar refractivity (Wildman–Crippen MR) is 91.1 cm³/mol. The lowest BCUT2D eigenvalue weighted by Crippen LogP contribution is -2.43. The molecule has 0 bridgehead atoms. The van der Waals surface area contributed by atoms with Crippen molar-refractivity contribution < 1.29 is 24.2 Å². The van der Waals surface area contributed by atoms with Crippen LogP contribution in [0.3, 0.4) is 0 Å². The van der Waals surface area contributed by atoms with Crippen LogP contribution in [0, 0.1) is 0 Å². The SMILES string of the molecule is COc1cc(OC)cc(C(=O)N2CCc3ccccc3C2C(=O)O)c1. The Balaban J connectivity index is 2.01. The highest BCUT2D eigenvalue weighted by molar-refractivity contribution is 5.98. The lowest BCUT2D eigenvalue weighted by molar-refractivity contribution is -0.143. The maximum atomic E-state index is 13.0. The van der Waals surface area contributed by atoms with Gasteiger partial charge in [-0.05, 0) is 29.7 Å². The Morgan fingerprint density at radius 2 is 1.72 bits per heavy atom. The average molecular weight is 341 g/mol. The van der Waals surface area contributed by atoms with Crippen LogP contribution in [0.2, 0.25) is 0 Å². The molecule has 0 aromatic heterocycles. The molecule has 0 fully saturated rings. The summed E-state index contributed by atoms with van der Waals surface area (Å²) in [5.41, 5.74) is 1.95. The number of benzene rings is 2. The topological polar surface area (TPSA) is 76.1 Å². The van der Waals surface area contributed by atoms with Crippen LogP contribution in [-0.2, 0) is 11.2 Å². The fraction of sp³-hybridized carbons (Fsp3) is 0.263. The first kappa shape index (κ1) is 16.8. The van der Waals surface area contributed by atoms with Crippen LogP contribution in [0.1, 0.15) is 27.5 Å². The maximum Gasteiger partial charge on any atom is 0.331 e. The van der Waals surface area contributed by atoms with Gasteiger partial charge >= 0.3 is 5.97 Å². The van der Waals surface area contributed by atoms with E-state index in [4.69, 9.17) is 9.47 Å². The normalized spacial score (nSPS) is 16.1. The number of amides is 1. The Morgan fingerprint density at radius 1 is 1.08 bits per heavy atom. The van der Waals surface area contributed by atoms with E-state index in [0.29, 0.717) is 35.6 Å². The molecule has 25 heavy (non-hydrogen) atoms. The lowest BCUT2D eigenvalue weighted by atomic mass is 9.92. The van der Waals surface area contributed by atoms with Gasteiger partial charge in [0.1, 0.15) is 11.5 Å². The summed E-state index contributed by atoms with van der Waals surface area (Å²) >= 11 is 0. The molecule has 1 atom stereocenters. The molecule has 0 radical (unpaired) electrons. The maximum absolute atomic E-state index is 13.0. The molecular formula is C19H19NO5. The van der Waals surface area contributed by atoms with Crippen molar-refractivity contribution in [2.45, 2.75) is 12.5 Å². The summed E-state index contributed by atoms with van der Waals surface area (Å²) in [7, 11) is 3.00. The van der Waals surface area contributed by atoms with E-state index in [2.05, 4.69) is 0 Å². The first-order valence-corrected chi connectivity index (χ1v) is 7.89. The molecule has 1 amide bonds. The number of hydrogen-bond acceptors (Lipinski definition) is 4. The van der Waals surface area contributed by atoms with Crippen molar-refractivity contribution in [2.24, 2.45) is 0 Å². The Morgan fingerprint density at radius 3 is 2.32 bits per heavy atom. The van der Waals surface area contributed by atoms with Crippen molar-refractivity contribution in [3.63, 3.8) is 0 Å². The smallest absolute Gasteiger partial charge is 0.331 e. The zero-order valence-corrected chi connectivity index (χ0v) is 14.1. The summed E-state index contributed by atoms with van der Waals surface area (Å²) in [5, 5.41) is 9.71. The number of rotatable bonds is 4. The van der Waals surface area contributed by atoms with Gasteiger partial charge < -0.3 is 19.5 Å². The van der Waals surface area contributed by atoms with Crippen LogP contribution in [0.4, 0.5) is 0 Å². The fourth-order valence-electron chi connectivity index (χ4n) is 3.15. The second kappa shape index (κ2) is 6.84. The second-order valence-corrected chi connectivity index (χ2v) is 5.79. The van der Waals surface area contributed by atoms with E-state index >= 15 is 0 Å². The molecule has 0 saturated heterocycles. The fourth-order valence-corrected chi connectivity index (χ4v) is 3.15. The van der Waals surface area contributed by atoms with Gasteiger partial charge in [-0.25, -0.2) is 4.79 Å². The molecule has 130 valence electrons. The van der Waals surface area contributed by atoms with Gasteiger partial charge in [-0.3, -0.25) is 4.79 Å². The number of ether oxygens (including phenoxy) is 2. The van der Waals surface area contributed by atoms with Crippen LogP contribution in [0.15, 0.2) is 42.5 Å². The van der Waals surface area contributed by atoms with E-state index in [9.17, 15) is 14.7 Å². The number of carboxylic acids is 1. The number of nitrogens with zero attached hydrogens (tertiary/aromatic N) is 1. The van der Waals surface area contributed by atoms with Crippen molar-refractivity contribution in [3.8, 4) is 11.5 Å². The van der Waals surface area contributed by atoms with Gasteiger partial charge in [0.25, 0.3) is 5.91 Å². The van der Waals surface area contributed by atoms with E-state index in [1.165, 1.54) is 19.1 Å². The van der Waals surface area contributed by atoms with Crippen LogP contribution in [-0.4, -0.2) is 42.6 Å². The first-order valence-electron chi connectivity index (χ1n) is 7.89. The second-order valence-electron chi connectivity index (χ2n) is 5.79. The number of aliphatic carboxylic acids is 1. The van der Waals surface area contributed by atoms with Crippen molar-refractivity contribution in [1.82, 2.24) is 4.90 Å². The molecule has 0 aliphatic carbocycles. The van der Waals surface area contributed by atoms with Gasteiger partial charge in [0.2, 0.25) is 0 Å². The first-order chi connectivity index (χ1) is 12.0. The van der Waals surface area contributed by atoms with E-state index in [0.717, 1.165) is 5.56 Å². The van der Waals surface area contributed by atoms with Gasteiger partial charge in [-0.1, -0.05) is 24.3 Å². The molecular weight excluding hydrogens is 322 g/mol. The minimum Gasteiger partial charge on any atom is -0.497 e. The highest BCUT2D eigenvalue weighted by atomic mass is 16.5. The standard InChI is InChI=1S/C19H19NO5/c1-24-14-9-13(10-15(11-14)25-2)18(21)20-8-7-12-5-3-4-6-16(12)17(20)19(22)23/h3-6,9-11,17H,7-8H2,1-2H3,(H,22,23). The molecule has 6 heteroatoms. The zero-order valence-electron chi connectivity index (χ0n) is 14.1. The third-order valence-electron chi connectivity index (χ3n) is 4.38. The molecule has 6 nitrogen and oxygen atoms in total. The van der Waals surface area contributed by atoms with E-state index in [1.807, 2.05) is 12.1 Å². The largest absolute Gasteiger partial charge is 0.497 e.